The molecule has 2 atom stereocenters. The lowest BCUT2D eigenvalue weighted by molar-refractivity contribution is -0.553. The number of para-hydroxylation sites is 2. The van der Waals surface area contributed by atoms with Crippen molar-refractivity contribution >= 4 is 44.1 Å². The Labute approximate surface area is 309 Å². The Balaban J connectivity index is 1.17. The quantitative estimate of drug-likeness (QED) is 0.0579. The van der Waals surface area contributed by atoms with Crippen molar-refractivity contribution in [1.29, 1.82) is 0 Å². The van der Waals surface area contributed by atoms with Crippen LogP contribution in [-0.4, -0.2) is 48.7 Å². The first kappa shape index (κ1) is 36.6. The van der Waals surface area contributed by atoms with Gasteiger partial charge in [0.25, 0.3) is 0 Å². The lowest BCUT2D eigenvalue weighted by atomic mass is 9.77. The molecule has 2 heterocycles. The minimum atomic E-state index is -2.27. The van der Waals surface area contributed by atoms with Gasteiger partial charge in [-0.2, -0.15) is 8.42 Å². The van der Waals surface area contributed by atoms with Crippen LogP contribution in [0.5, 0.6) is 5.75 Å². The van der Waals surface area contributed by atoms with Crippen molar-refractivity contribution in [3.8, 4) is 5.75 Å². The Morgan fingerprint density at radius 1 is 1.04 bits per heavy atom. The molecule has 51 heavy (non-hydrogen) atoms. The zero-order chi connectivity index (χ0) is 36.3. The van der Waals surface area contributed by atoms with Crippen LogP contribution < -0.4 is 9.64 Å². The van der Waals surface area contributed by atoms with Crippen molar-refractivity contribution in [2.45, 2.75) is 84.6 Å². The lowest BCUT2D eigenvalue weighted by Crippen LogP contribution is -2.32. The van der Waals surface area contributed by atoms with Crippen molar-refractivity contribution < 1.29 is 22.5 Å². The van der Waals surface area contributed by atoms with Crippen molar-refractivity contribution in [1.82, 2.24) is 0 Å². The lowest BCUT2D eigenvalue weighted by Gasteiger charge is -2.25. The van der Waals surface area contributed by atoms with Gasteiger partial charge in [0.1, 0.15) is 12.3 Å². The van der Waals surface area contributed by atoms with E-state index in [1.54, 1.807) is 18.2 Å². The van der Waals surface area contributed by atoms with Crippen LogP contribution >= 0.6 is 11.6 Å². The Kier molecular flexibility index (Phi) is 10.9. The molecule has 8 heteroatoms. The normalized spacial score (nSPS) is 21.6. The molecule has 2 aromatic rings. The highest BCUT2D eigenvalue weighted by Crippen LogP contribution is 2.48. The molecule has 2 unspecified atom stereocenters. The molecule has 0 amide bonds. The summed E-state index contributed by atoms with van der Waals surface area (Å²) in [6, 6.07) is 17.9. The summed E-state index contributed by atoms with van der Waals surface area (Å²) < 4.78 is 31.3. The molecular formula is C43H48ClN2O4S+. The molecule has 0 radical (unpaired) electrons. The number of allylic oxidation sites excluding steroid dienone is 7. The summed E-state index contributed by atoms with van der Waals surface area (Å²) in [6.07, 6.45) is 16.9. The van der Waals surface area contributed by atoms with E-state index in [2.05, 4.69) is 92.3 Å². The number of carbonyl (C=O) groups excluding carboxylic acids is 1. The van der Waals surface area contributed by atoms with E-state index in [1.807, 2.05) is 30.4 Å². The zero-order valence-corrected chi connectivity index (χ0v) is 31.9. The molecule has 0 bridgehead atoms. The zero-order valence-electron chi connectivity index (χ0n) is 30.3. The fraction of sp³-hybridized carbons (Fsp3) is 0.395. The van der Waals surface area contributed by atoms with Crippen molar-refractivity contribution in [3.05, 3.63) is 124 Å². The van der Waals surface area contributed by atoms with Gasteiger partial charge in [0, 0.05) is 46.7 Å². The number of likely N-dealkylation sites (N-methyl/N-ethyl adjacent to an activating group) is 1. The average molecular weight is 724 g/mol. The molecule has 0 saturated carbocycles. The summed E-state index contributed by atoms with van der Waals surface area (Å²) in [5.74, 6) is 0.478. The number of fused-ring (bicyclic) bond motifs is 2. The molecule has 2 aromatic carbocycles. The van der Waals surface area contributed by atoms with Gasteiger partial charge in [-0.05, 0) is 114 Å². The van der Waals surface area contributed by atoms with Crippen molar-refractivity contribution in [2.75, 3.05) is 18.0 Å². The molecule has 0 saturated heterocycles. The number of ether oxygens (including phenoxy) is 1. The van der Waals surface area contributed by atoms with Gasteiger partial charge in [-0.3, -0.25) is 4.79 Å². The van der Waals surface area contributed by atoms with Gasteiger partial charge < -0.3 is 9.64 Å². The van der Waals surface area contributed by atoms with Gasteiger partial charge in [-0.1, -0.05) is 60.5 Å². The third-order valence-electron chi connectivity index (χ3n) is 10.8. The molecule has 0 N–H and O–H groups in total. The maximum absolute atomic E-state index is 12.3. The number of unbranched alkanes of at least 4 members (excludes halogenated alkanes) is 2. The number of halogens is 1. The van der Waals surface area contributed by atoms with Gasteiger partial charge >= 0.3 is 5.97 Å². The molecule has 6 nitrogen and oxygen atoms in total. The largest absolute Gasteiger partial charge is 0.427 e. The van der Waals surface area contributed by atoms with Crippen molar-refractivity contribution in [2.24, 2.45) is 11.3 Å². The minimum Gasteiger partial charge on any atom is -0.427 e. The van der Waals surface area contributed by atoms with Crippen LogP contribution in [-0.2, 0) is 20.5 Å². The van der Waals surface area contributed by atoms with Crippen LogP contribution in [0.4, 0.5) is 5.69 Å². The van der Waals surface area contributed by atoms with Crippen LogP contribution in [0, 0.1) is 11.3 Å². The van der Waals surface area contributed by atoms with Gasteiger partial charge in [0.15, 0.2) is 6.04 Å². The summed E-state index contributed by atoms with van der Waals surface area (Å²) >= 11 is 7.11. The summed E-state index contributed by atoms with van der Waals surface area (Å²) in [4.78, 5) is 15.1. The van der Waals surface area contributed by atoms with E-state index >= 15 is 0 Å². The van der Waals surface area contributed by atoms with Crippen LogP contribution in [0.2, 0.25) is 0 Å². The predicted octanol–water partition coefficient (Wildman–Crippen LogP) is 8.88. The highest BCUT2D eigenvalue weighted by molar-refractivity contribution is 7.73. The third-order valence-corrected chi connectivity index (χ3v) is 12.0. The maximum atomic E-state index is 12.3. The van der Waals surface area contributed by atoms with Crippen LogP contribution in [0.3, 0.4) is 0 Å². The monoisotopic (exact) mass is 723 g/mol. The molecule has 266 valence electrons. The fourth-order valence-corrected chi connectivity index (χ4v) is 8.72. The van der Waals surface area contributed by atoms with Gasteiger partial charge in [-0.25, -0.2) is 4.58 Å². The van der Waals surface area contributed by atoms with Crippen LogP contribution in [0.25, 0.3) is 0 Å². The summed E-state index contributed by atoms with van der Waals surface area (Å²) in [5, 5.41) is 0.863. The number of nitrogens with zero attached hydrogens (tertiary/aromatic N) is 2. The topological polar surface area (TPSA) is 66.7 Å². The second kappa shape index (κ2) is 15.2. The molecule has 0 spiro atoms. The van der Waals surface area contributed by atoms with Gasteiger partial charge in [-0.15, -0.1) is 5.73 Å². The summed E-state index contributed by atoms with van der Waals surface area (Å²) in [5.41, 5.74) is 10.2. The smallest absolute Gasteiger partial charge is 0.311 e. The van der Waals surface area contributed by atoms with E-state index in [4.69, 9.17) is 16.3 Å². The Morgan fingerprint density at radius 3 is 2.53 bits per heavy atom. The Bertz CT molecular complexity index is 2070. The third kappa shape index (κ3) is 7.44. The number of hydrogen-bond acceptors (Lipinski definition) is 5. The molecule has 0 fully saturated rings. The highest BCUT2D eigenvalue weighted by atomic mass is 35.5. The van der Waals surface area contributed by atoms with E-state index in [-0.39, 0.29) is 28.8 Å². The SMILES string of the molecule is CC[N+]1=C2C=CC(=S(=O)=O)C=C2C(C)(C)C1/C=C/C1=C(Cl)C(C=C=C2N(CCCCCC(=O)Oc3ccccc3)c3ccccc3C2(C)C)CC1. The standard InChI is InChI=1S/C43H48ClN2O4S/c1-6-45-37-25-24-33(51(48)49)29-35(37)43(4,5)38(45)26-22-30-20-21-31(41(30)44)23-27-39-42(2,3)34-17-12-13-18-36(34)46(39)28-14-8-11-19-40(47)50-32-15-9-7-10-16-32/h7,9-10,12-13,15-18,22-26,29,31,38H,6,8,11,14,19-21,28H2,1-5H3/q+1/b26-22+. The first-order chi connectivity index (χ1) is 24.4. The molecule has 2 aliphatic carbocycles. The molecule has 0 aromatic heterocycles. The molecule has 4 aliphatic rings. The number of benzene rings is 2. The summed E-state index contributed by atoms with van der Waals surface area (Å²) in [7, 11) is -2.27. The van der Waals surface area contributed by atoms with Crippen LogP contribution in [0.15, 0.2) is 119 Å². The molecule has 6 rings (SSSR count). The fourth-order valence-electron chi connectivity index (χ4n) is 8.00. The predicted molar refractivity (Wildman–Crippen MR) is 208 cm³/mol. The number of esters is 1. The number of anilines is 1. The maximum Gasteiger partial charge on any atom is 0.311 e. The second-order valence-electron chi connectivity index (χ2n) is 14.8. The minimum absolute atomic E-state index is 0.0716. The molecular weight excluding hydrogens is 676 g/mol. The molecule has 2 aliphatic heterocycles. The number of rotatable bonds is 11. The Morgan fingerprint density at radius 2 is 1.78 bits per heavy atom. The van der Waals surface area contributed by atoms with Crippen LogP contribution in [0.1, 0.15) is 78.7 Å². The first-order valence-corrected chi connectivity index (χ1v) is 19.6. The van der Waals surface area contributed by atoms with E-state index in [9.17, 15) is 13.2 Å². The van der Waals surface area contributed by atoms with E-state index in [0.29, 0.717) is 17.0 Å². The first-order valence-electron chi connectivity index (χ1n) is 18.1. The van der Waals surface area contributed by atoms with Crippen molar-refractivity contribution in [3.63, 3.8) is 0 Å². The van der Waals surface area contributed by atoms with Gasteiger partial charge in [0.2, 0.25) is 16.0 Å². The van der Waals surface area contributed by atoms with E-state index in [0.717, 1.165) is 72.8 Å². The Hall–Kier alpha value is -4.16. The average Bonchev–Trinajstić information content (AvgIpc) is 3.65. The summed E-state index contributed by atoms with van der Waals surface area (Å²) in [6.45, 7) is 12.7. The highest BCUT2D eigenvalue weighted by Gasteiger charge is 2.50. The van der Waals surface area contributed by atoms with E-state index < -0.39 is 10.3 Å². The van der Waals surface area contributed by atoms with Gasteiger partial charge in [0.05, 0.1) is 16.0 Å². The number of carbonyl (C=O) groups is 1. The van der Waals surface area contributed by atoms with E-state index in [1.165, 1.54) is 11.3 Å². The number of hydrogen-bond donors (Lipinski definition) is 0. The second-order valence-corrected chi connectivity index (χ2v) is 16.1.